The zero-order chi connectivity index (χ0) is 12.4. The van der Waals surface area contributed by atoms with Crippen LogP contribution in [-0.4, -0.2) is 15.1 Å². The lowest BCUT2D eigenvalue weighted by Gasteiger charge is -2.05. The Morgan fingerprint density at radius 3 is 2.50 bits per heavy atom. The van der Waals surface area contributed by atoms with Gasteiger partial charge in [-0.15, -0.1) is 0 Å². The van der Waals surface area contributed by atoms with Crippen molar-refractivity contribution in [1.29, 1.82) is 0 Å². The quantitative estimate of drug-likeness (QED) is 0.744. The predicted octanol–water partition coefficient (Wildman–Crippen LogP) is 2.79. The molecule has 0 atom stereocenters. The molecule has 0 saturated carbocycles. The summed E-state index contributed by atoms with van der Waals surface area (Å²) in [5.74, 6) is 0. The highest BCUT2D eigenvalue weighted by molar-refractivity contribution is 5.91. The summed E-state index contributed by atoms with van der Waals surface area (Å²) in [4.78, 5) is 8.75. The molecule has 1 aromatic carbocycles. The minimum atomic E-state index is 0.0603. The van der Waals surface area contributed by atoms with Crippen molar-refractivity contribution in [2.45, 2.75) is 6.61 Å². The maximum absolute atomic E-state index is 9.05. The lowest BCUT2D eigenvalue weighted by molar-refractivity contribution is 0.282. The van der Waals surface area contributed by atoms with Crippen LogP contribution in [0, 0.1) is 0 Å². The summed E-state index contributed by atoms with van der Waals surface area (Å²) in [7, 11) is 0. The summed E-state index contributed by atoms with van der Waals surface area (Å²) >= 11 is 0. The second-order valence-corrected chi connectivity index (χ2v) is 4.08. The monoisotopic (exact) mass is 236 g/mol. The normalized spacial score (nSPS) is 10.7. The number of rotatable bonds is 2. The predicted molar refractivity (Wildman–Crippen MR) is 70.9 cm³/mol. The maximum Gasteiger partial charge on any atom is 0.0795 e. The topological polar surface area (TPSA) is 46.0 Å². The Morgan fingerprint density at radius 1 is 0.889 bits per heavy atom. The van der Waals surface area contributed by atoms with Gasteiger partial charge in [-0.1, -0.05) is 24.3 Å². The lowest BCUT2D eigenvalue weighted by Crippen LogP contribution is -1.88. The SMILES string of the molecule is OCc1ccc(-c2nccc3ncccc23)cc1. The van der Waals surface area contributed by atoms with Gasteiger partial charge in [0.25, 0.3) is 0 Å². The third-order valence-electron chi connectivity index (χ3n) is 2.94. The number of aliphatic hydroxyl groups excluding tert-OH is 1. The molecule has 88 valence electrons. The van der Waals surface area contributed by atoms with Crippen LogP contribution in [0.2, 0.25) is 0 Å². The molecule has 0 aliphatic carbocycles. The fourth-order valence-electron chi connectivity index (χ4n) is 2.00. The number of hydrogen-bond acceptors (Lipinski definition) is 3. The largest absolute Gasteiger partial charge is 0.392 e. The molecule has 3 nitrogen and oxygen atoms in total. The van der Waals surface area contributed by atoms with Crippen LogP contribution in [0.25, 0.3) is 22.2 Å². The molecule has 1 N–H and O–H groups in total. The van der Waals surface area contributed by atoms with Gasteiger partial charge in [0.1, 0.15) is 0 Å². The Kier molecular flexibility index (Phi) is 2.74. The van der Waals surface area contributed by atoms with E-state index >= 15 is 0 Å². The first kappa shape index (κ1) is 10.9. The van der Waals surface area contributed by atoms with Crippen molar-refractivity contribution in [1.82, 2.24) is 9.97 Å². The van der Waals surface area contributed by atoms with Crippen LogP contribution >= 0.6 is 0 Å². The van der Waals surface area contributed by atoms with Crippen molar-refractivity contribution in [2.75, 3.05) is 0 Å². The number of pyridine rings is 2. The van der Waals surface area contributed by atoms with Gasteiger partial charge in [0, 0.05) is 23.3 Å². The Bertz CT molecular complexity index is 672. The molecule has 0 unspecified atom stereocenters. The van der Waals surface area contributed by atoms with E-state index in [9.17, 15) is 0 Å². The van der Waals surface area contributed by atoms with Crippen molar-refractivity contribution in [2.24, 2.45) is 0 Å². The first-order valence-electron chi connectivity index (χ1n) is 5.78. The molecule has 0 aliphatic heterocycles. The number of aromatic nitrogens is 2. The third-order valence-corrected chi connectivity index (χ3v) is 2.94. The molecule has 0 spiro atoms. The maximum atomic E-state index is 9.05. The van der Waals surface area contributed by atoms with E-state index in [0.717, 1.165) is 27.7 Å². The van der Waals surface area contributed by atoms with Gasteiger partial charge in [0.2, 0.25) is 0 Å². The van der Waals surface area contributed by atoms with Crippen LogP contribution in [0.3, 0.4) is 0 Å². The Morgan fingerprint density at radius 2 is 1.72 bits per heavy atom. The van der Waals surface area contributed by atoms with Gasteiger partial charge in [0.15, 0.2) is 0 Å². The highest BCUT2D eigenvalue weighted by atomic mass is 16.3. The smallest absolute Gasteiger partial charge is 0.0795 e. The molecule has 3 heteroatoms. The summed E-state index contributed by atoms with van der Waals surface area (Å²) in [6.45, 7) is 0.0603. The van der Waals surface area contributed by atoms with Gasteiger partial charge in [-0.25, -0.2) is 0 Å². The van der Waals surface area contributed by atoms with Crippen LogP contribution in [0.15, 0.2) is 54.9 Å². The highest BCUT2D eigenvalue weighted by Crippen LogP contribution is 2.25. The molecular weight excluding hydrogens is 224 g/mol. The molecule has 3 rings (SSSR count). The lowest BCUT2D eigenvalue weighted by atomic mass is 10.1. The van der Waals surface area contributed by atoms with Crippen molar-refractivity contribution < 1.29 is 5.11 Å². The van der Waals surface area contributed by atoms with E-state index in [-0.39, 0.29) is 6.61 Å². The average Bonchev–Trinajstić information content (AvgIpc) is 2.47. The summed E-state index contributed by atoms with van der Waals surface area (Å²) in [5, 5.41) is 10.1. The van der Waals surface area contributed by atoms with Gasteiger partial charge in [-0.05, 0) is 23.8 Å². The fourth-order valence-corrected chi connectivity index (χ4v) is 2.00. The van der Waals surface area contributed by atoms with Gasteiger partial charge >= 0.3 is 0 Å². The van der Waals surface area contributed by atoms with Crippen molar-refractivity contribution in [3.05, 3.63) is 60.4 Å². The second-order valence-electron chi connectivity index (χ2n) is 4.08. The molecule has 0 aliphatic rings. The molecule has 0 amide bonds. The standard InChI is InChI=1S/C15H12N2O/c18-10-11-3-5-12(6-4-11)15-13-2-1-8-16-14(13)7-9-17-15/h1-9,18H,10H2. The summed E-state index contributed by atoms with van der Waals surface area (Å²) < 4.78 is 0. The van der Waals surface area contributed by atoms with Crippen molar-refractivity contribution in [3.8, 4) is 11.3 Å². The Labute approximate surface area is 105 Å². The Hall–Kier alpha value is -2.26. The third kappa shape index (κ3) is 1.85. The number of aliphatic hydroxyl groups is 1. The molecular formula is C15H12N2O. The minimum Gasteiger partial charge on any atom is -0.392 e. The van der Waals surface area contributed by atoms with E-state index in [1.54, 1.807) is 12.4 Å². The summed E-state index contributed by atoms with van der Waals surface area (Å²) in [6.07, 6.45) is 3.55. The average molecular weight is 236 g/mol. The first-order chi connectivity index (χ1) is 8.88. The van der Waals surface area contributed by atoms with Gasteiger partial charge in [-0.2, -0.15) is 0 Å². The van der Waals surface area contributed by atoms with Gasteiger partial charge in [0.05, 0.1) is 17.8 Å². The van der Waals surface area contributed by atoms with Crippen LogP contribution < -0.4 is 0 Å². The first-order valence-corrected chi connectivity index (χ1v) is 5.78. The van der Waals surface area contributed by atoms with Crippen LogP contribution in [0.5, 0.6) is 0 Å². The van der Waals surface area contributed by atoms with Gasteiger partial charge in [-0.3, -0.25) is 9.97 Å². The molecule has 0 fully saturated rings. The summed E-state index contributed by atoms with van der Waals surface area (Å²) in [5.41, 5.74) is 3.79. The van der Waals surface area contributed by atoms with Crippen molar-refractivity contribution in [3.63, 3.8) is 0 Å². The van der Waals surface area contributed by atoms with Crippen LogP contribution in [0.4, 0.5) is 0 Å². The van der Waals surface area contributed by atoms with Crippen LogP contribution in [-0.2, 0) is 6.61 Å². The van der Waals surface area contributed by atoms with E-state index in [1.807, 2.05) is 42.5 Å². The van der Waals surface area contributed by atoms with Gasteiger partial charge < -0.3 is 5.11 Å². The molecule has 0 radical (unpaired) electrons. The fraction of sp³-hybridized carbons (Fsp3) is 0.0667. The second kappa shape index (κ2) is 4.55. The molecule has 2 aromatic heterocycles. The number of benzene rings is 1. The van der Waals surface area contributed by atoms with E-state index in [0.29, 0.717) is 0 Å². The highest BCUT2D eigenvalue weighted by Gasteiger charge is 2.05. The molecule has 0 saturated heterocycles. The number of fused-ring (bicyclic) bond motifs is 1. The van der Waals surface area contributed by atoms with E-state index in [4.69, 9.17) is 5.11 Å². The van der Waals surface area contributed by atoms with Crippen molar-refractivity contribution >= 4 is 10.9 Å². The molecule has 2 heterocycles. The number of nitrogens with zero attached hydrogens (tertiary/aromatic N) is 2. The summed E-state index contributed by atoms with van der Waals surface area (Å²) in [6, 6.07) is 13.6. The number of hydrogen-bond donors (Lipinski definition) is 1. The van der Waals surface area contributed by atoms with Crippen LogP contribution in [0.1, 0.15) is 5.56 Å². The Balaban J connectivity index is 2.18. The molecule has 18 heavy (non-hydrogen) atoms. The van der Waals surface area contributed by atoms with E-state index < -0.39 is 0 Å². The zero-order valence-electron chi connectivity index (χ0n) is 9.74. The molecule has 3 aromatic rings. The minimum absolute atomic E-state index is 0.0603. The van der Waals surface area contributed by atoms with E-state index in [1.165, 1.54) is 0 Å². The molecule has 0 bridgehead atoms. The zero-order valence-corrected chi connectivity index (χ0v) is 9.74. The van der Waals surface area contributed by atoms with E-state index in [2.05, 4.69) is 9.97 Å².